The first-order valence-corrected chi connectivity index (χ1v) is 11.2. The maximum absolute atomic E-state index is 12.9. The molecule has 2 amide bonds. The number of hydrogen-bond donors (Lipinski definition) is 2. The van der Waals surface area contributed by atoms with Gasteiger partial charge < -0.3 is 20.3 Å². The molecule has 0 unspecified atom stereocenters. The van der Waals surface area contributed by atoms with Gasteiger partial charge in [0, 0.05) is 35.5 Å². The Morgan fingerprint density at radius 1 is 1.06 bits per heavy atom. The third-order valence-corrected chi connectivity index (χ3v) is 6.00. The van der Waals surface area contributed by atoms with Crippen LogP contribution in [0.25, 0.3) is 0 Å². The Labute approximate surface area is 187 Å². The van der Waals surface area contributed by atoms with Crippen LogP contribution in [0.3, 0.4) is 0 Å². The van der Waals surface area contributed by atoms with Crippen LogP contribution >= 0.6 is 11.6 Å². The number of amides is 2. The molecule has 2 aromatic rings. The van der Waals surface area contributed by atoms with Crippen molar-refractivity contribution in [1.82, 2.24) is 5.32 Å². The maximum atomic E-state index is 12.9. The van der Waals surface area contributed by atoms with E-state index in [0.29, 0.717) is 27.9 Å². The van der Waals surface area contributed by atoms with Gasteiger partial charge in [-0.3, -0.25) is 9.59 Å². The van der Waals surface area contributed by atoms with Gasteiger partial charge in [-0.05, 0) is 74.1 Å². The Morgan fingerprint density at radius 3 is 2.45 bits per heavy atom. The van der Waals surface area contributed by atoms with E-state index in [1.165, 1.54) is 0 Å². The Kier molecular flexibility index (Phi) is 6.66. The lowest BCUT2D eigenvalue weighted by Gasteiger charge is -2.33. The van der Waals surface area contributed by atoms with Crippen molar-refractivity contribution >= 4 is 34.8 Å². The van der Waals surface area contributed by atoms with Crippen LogP contribution in [-0.2, 0) is 4.79 Å². The summed E-state index contributed by atoms with van der Waals surface area (Å²) in [5.41, 5.74) is 2.12. The largest absolute Gasteiger partial charge is 0.484 e. The fourth-order valence-corrected chi connectivity index (χ4v) is 3.81. The lowest BCUT2D eigenvalue weighted by molar-refractivity contribution is -0.118. The van der Waals surface area contributed by atoms with E-state index in [1.807, 2.05) is 12.1 Å². The van der Waals surface area contributed by atoms with E-state index in [-0.39, 0.29) is 24.5 Å². The first-order valence-electron chi connectivity index (χ1n) is 10.9. The molecule has 0 radical (unpaired) electrons. The number of rotatable bonds is 7. The van der Waals surface area contributed by atoms with Crippen LogP contribution in [0.5, 0.6) is 5.75 Å². The van der Waals surface area contributed by atoms with Gasteiger partial charge >= 0.3 is 0 Å². The minimum Gasteiger partial charge on any atom is -0.484 e. The molecule has 1 saturated heterocycles. The number of ether oxygens (including phenoxy) is 1. The average molecular weight is 442 g/mol. The number of nitrogens with one attached hydrogen (secondary N) is 2. The summed E-state index contributed by atoms with van der Waals surface area (Å²) in [6, 6.07) is 12.7. The van der Waals surface area contributed by atoms with Gasteiger partial charge in [0.25, 0.3) is 11.8 Å². The molecule has 0 spiro atoms. The molecular formula is C24H28ClN3O3. The molecule has 0 aromatic heterocycles. The summed E-state index contributed by atoms with van der Waals surface area (Å²) in [5, 5.41) is 6.52. The van der Waals surface area contributed by atoms with Crippen LogP contribution in [0.1, 0.15) is 43.0 Å². The predicted octanol–water partition coefficient (Wildman–Crippen LogP) is 4.49. The number of hydrogen-bond acceptors (Lipinski definition) is 4. The van der Waals surface area contributed by atoms with Gasteiger partial charge in [-0.2, -0.15) is 0 Å². The van der Waals surface area contributed by atoms with Crippen molar-refractivity contribution in [2.45, 2.75) is 38.6 Å². The minimum atomic E-state index is -0.289. The molecule has 4 rings (SSSR count). The van der Waals surface area contributed by atoms with E-state index in [9.17, 15) is 9.59 Å². The van der Waals surface area contributed by atoms with Gasteiger partial charge in [0.1, 0.15) is 5.75 Å². The third kappa shape index (κ3) is 5.91. The normalized spacial score (nSPS) is 16.6. The van der Waals surface area contributed by atoms with Crippen molar-refractivity contribution in [3.05, 3.63) is 53.1 Å². The highest BCUT2D eigenvalue weighted by atomic mass is 35.5. The molecule has 0 bridgehead atoms. The van der Waals surface area contributed by atoms with Gasteiger partial charge in [0.2, 0.25) is 0 Å². The van der Waals surface area contributed by atoms with Crippen LogP contribution in [0.15, 0.2) is 42.5 Å². The van der Waals surface area contributed by atoms with Crippen molar-refractivity contribution < 1.29 is 14.3 Å². The number of halogens is 1. The summed E-state index contributed by atoms with van der Waals surface area (Å²) in [5.74, 6) is 0.908. The molecule has 1 aliphatic heterocycles. The molecule has 164 valence electrons. The first kappa shape index (κ1) is 21.5. The van der Waals surface area contributed by atoms with Crippen molar-refractivity contribution in [2.75, 3.05) is 29.9 Å². The molecule has 1 aliphatic carbocycles. The second kappa shape index (κ2) is 9.60. The summed E-state index contributed by atoms with van der Waals surface area (Å²) < 4.78 is 5.50. The highest BCUT2D eigenvalue weighted by Gasteiger charge is 2.27. The quantitative estimate of drug-likeness (QED) is 0.664. The molecule has 2 fully saturated rings. The summed E-state index contributed by atoms with van der Waals surface area (Å²) in [6.07, 6.45) is 4.29. The Bertz CT molecular complexity index is 936. The fraction of sp³-hybridized carbons (Fsp3) is 0.417. The van der Waals surface area contributed by atoms with E-state index < -0.39 is 0 Å². The molecule has 31 heavy (non-hydrogen) atoms. The zero-order chi connectivity index (χ0) is 21.8. The maximum Gasteiger partial charge on any atom is 0.262 e. The second-order valence-electron chi connectivity index (χ2n) is 8.44. The fourth-order valence-electron chi connectivity index (χ4n) is 3.69. The SMILES string of the molecule is CC1CCN(c2ccc(NC(=O)COc3ccc(Cl)cc3)cc2C(=O)NC2CC2)CC1. The van der Waals surface area contributed by atoms with E-state index in [1.54, 1.807) is 30.3 Å². The number of benzene rings is 2. The number of piperidine rings is 1. The van der Waals surface area contributed by atoms with Gasteiger partial charge in [-0.1, -0.05) is 18.5 Å². The molecule has 2 N–H and O–H groups in total. The predicted molar refractivity (Wildman–Crippen MR) is 123 cm³/mol. The minimum absolute atomic E-state index is 0.0790. The zero-order valence-electron chi connectivity index (χ0n) is 17.7. The van der Waals surface area contributed by atoms with Crippen LogP contribution in [0.4, 0.5) is 11.4 Å². The van der Waals surface area contributed by atoms with E-state index >= 15 is 0 Å². The van der Waals surface area contributed by atoms with Crippen molar-refractivity contribution in [2.24, 2.45) is 5.92 Å². The molecule has 0 atom stereocenters. The highest BCUT2D eigenvalue weighted by Crippen LogP contribution is 2.30. The molecular weight excluding hydrogens is 414 g/mol. The number of anilines is 2. The topological polar surface area (TPSA) is 70.7 Å². The lowest BCUT2D eigenvalue weighted by atomic mass is 9.97. The van der Waals surface area contributed by atoms with Crippen molar-refractivity contribution in [1.29, 1.82) is 0 Å². The molecule has 2 aromatic carbocycles. The number of carbonyl (C=O) groups excluding carboxylic acids is 2. The zero-order valence-corrected chi connectivity index (χ0v) is 18.5. The Balaban J connectivity index is 1.45. The molecule has 1 saturated carbocycles. The summed E-state index contributed by atoms with van der Waals surface area (Å²) in [7, 11) is 0. The van der Waals surface area contributed by atoms with Crippen molar-refractivity contribution in [3.8, 4) is 5.75 Å². The molecule has 1 heterocycles. The molecule has 6 nitrogen and oxygen atoms in total. The Hall–Kier alpha value is -2.73. The van der Waals surface area contributed by atoms with E-state index in [4.69, 9.17) is 16.3 Å². The Morgan fingerprint density at radius 2 is 1.77 bits per heavy atom. The second-order valence-corrected chi connectivity index (χ2v) is 8.88. The highest BCUT2D eigenvalue weighted by molar-refractivity contribution is 6.30. The van der Waals surface area contributed by atoms with Gasteiger partial charge in [0.15, 0.2) is 6.61 Å². The number of carbonyl (C=O) groups is 2. The van der Waals surface area contributed by atoms with E-state index in [2.05, 4.69) is 22.5 Å². The summed E-state index contributed by atoms with van der Waals surface area (Å²) >= 11 is 5.86. The van der Waals surface area contributed by atoms with Crippen LogP contribution < -0.4 is 20.3 Å². The van der Waals surface area contributed by atoms with Gasteiger partial charge in [-0.25, -0.2) is 0 Å². The third-order valence-electron chi connectivity index (χ3n) is 5.75. The summed E-state index contributed by atoms with van der Waals surface area (Å²) in [6.45, 7) is 4.01. The van der Waals surface area contributed by atoms with Crippen LogP contribution in [-0.4, -0.2) is 37.6 Å². The summed E-state index contributed by atoms with van der Waals surface area (Å²) in [4.78, 5) is 27.6. The van der Waals surface area contributed by atoms with Gasteiger partial charge in [0.05, 0.1) is 5.56 Å². The average Bonchev–Trinajstić information content (AvgIpc) is 3.58. The lowest BCUT2D eigenvalue weighted by Crippen LogP contribution is -2.35. The molecule has 2 aliphatic rings. The van der Waals surface area contributed by atoms with Crippen LogP contribution in [0.2, 0.25) is 5.02 Å². The van der Waals surface area contributed by atoms with Crippen molar-refractivity contribution in [3.63, 3.8) is 0 Å². The smallest absolute Gasteiger partial charge is 0.262 e. The monoisotopic (exact) mass is 441 g/mol. The molecule has 7 heteroatoms. The van der Waals surface area contributed by atoms with Gasteiger partial charge in [-0.15, -0.1) is 0 Å². The first-order chi connectivity index (χ1) is 15.0. The van der Waals surface area contributed by atoms with Crippen LogP contribution in [0, 0.1) is 5.92 Å². The number of nitrogens with zero attached hydrogens (tertiary/aromatic N) is 1. The standard InChI is InChI=1S/C24H28ClN3O3/c1-16-10-12-28(13-11-16)22-9-6-19(14-21(22)24(30)27-18-4-5-18)26-23(29)15-31-20-7-2-17(25)3-8-20/h2-3,6-9,14,16,18H,4-5,10-13,15H2,1H3,(H,26,29)(H,27,30). The van der Waals surface area contributed by atoms with E-state index in [0.717, 1.165) is 44.5 Å².